The van der Waals surface area contributed by atoms with Gasteiger partial charge in [0.25, 0.3) is 0 Å². The van der Waals surface area contributed by atoms with Crippen molar-refractivity contribution in [1.29, 1.82) is 5.41 Å². The normalized spacial score (nSPS) is 16.4. The fourth-order valence-electron chi connectivity index (χ4n) is 2.21. The second-order valence-electron chi connectivity index (χ2n) is 4.45. The Bertz CT molecular complexity index is 389. The predicted molar refractivity (Wildman–Crippen MR) is 64.7 cm³/mol. The molecule has 3 heteroatoms. The van der Waals surface area contributed by atoms with Crippen molar-refractivity contribution in [3.8, 4) is 0 Å². The van der Waals surface area contributed by atoms with E-state index in [4.69, 9.17) is 10.1 Å². The van der Waals surface area contributed by atoms with Crippen molar-refractivity contribution in [2.24, 2.45) is 5.92 Å². The minimum Gasteiger partial charge on any atom is -0.384 e. The highest BCUT2D eigenvalue weighted by Crippen LogP contribution is 2.22. The summed E-state index contributed by atoms with van der Waals surface area (Å²) in [5.74, 6) is 1.11. The molecule has 1 heterocycles. The highest BCUT2D eigenvalue weighted by Gasteiger charge is 2.24. The van der Waals surface area contributed by atoms with Gasteiger partial charge in [-0.05, 0) is 11.5 Å². The van der Waals surface area contributed by atoms with Crippen molar-refractivity contribution in [3.05, 3.63) is 35.4 Å². The molecule has 1 unspecified atom stereocenters. The number of hydrogen-bond acceptors (Lipinski definition) is 2. The van der Waals surface area contributed by atoms with Crippen LogP contribution in [0.15, 0.2) is 24.3 Å². The second-order valence-corrected chi connectivity index (χ2v) is 4.45. The monoisotopic (exact) mass is 218 g/mol. The molecule has 1 N–H and O–H groups in total. The molecular formula is C13H18N2O. The van der Waals surface area contributed by atoms with Crippen molar-refractivity contribution >= 4 is 5.84 Å². The van der Waals surface area contributed by atoms with Crippen LogP contribution in [0.2, 0.25) is 0 Å². The molecule has 16 heavy (non-hydrogen) atoms. The fraction of sp³-hybridized carbons (Fsp3) is 0.462. The second kappa shape index (κ2) is 4.66. The Hall–Kier alpha value is -1.35. The quantitative estimate of drug-likeness (QED) is 0.840. The molecule has 0 amide bonds. The van der Waals surface area contributed by atoms with Gasteiger partial charge in [0.2, 0.25) is 0 Å². The molecule has 0 fully saturated rings. The lowest BCUT2D eigenvalue weighted by Crippen LogP contribution is -2.30. The van der Waals surface area contributed by atoms with Crippen LogP contribution >= 0.6 is 0 Å². The van der Waals surface area contributed by atoms with E-state index in [2.05, 4.69) is 17.9 Å². The van der Waals surface area contributed by atoms with Crippen LogP contribution in [0.4, 0.5) is 0 Å². The van der Waals surface area contributed by atoms with Gasteiger partial charge in [-0.25, -0.2) is 0 Å². The number of benzene rings is 1. The summed E-state index contributed by atoms with van der Waals surface area (Å²) in [5.41, 5.74) is 2.34. The van der Waals surface area contributed by atoms with Crippen molar-refractivity contribution in [2.75, 3.05) is 20.3 Å². The molecule has 0 spiro atoms. The minimum absolute atomic E-state index is 0.458. The molecule has 0 radical (unpaired) electrons. The van der Waals surface area contributed by atoms with Crippen LogP contribution in [0.3, 0.4) is 0 Å². The first-order chi connectivity index (χ1) is 7.72. The van der Waals surface area contributed by atoms with E-state index in [0.29, 0.717) is 11.8 Å². The Balaban J connectivity index is 2.04. The Kier molecular flexibility index (Phi) is 3.25. The molecule has 86 valence electrons. The molecule has 1 aliphatic rings. The van der Waals surface area contributed by atoms with Crippen LogP contribution in [-0.2, 0) is 11.3 Å². The smallest absolute Gasteiger partial charge is 0.128 e. The fourth-order valence-corrected chi connectivity index (χ4v) is 2.21. The molecule has 3 nitrogen and oxygen atoms in total. The number of nitrogens with one attached hydrogen (secondary N) is 1. The van der Waals surface area contributed by atoms with Crippen LogP contribution in [0.5, 0.6) is 0 Å². The maximum absolute atomic E-state index is 8.10. The zero-order valence-electron chi connectivity index (χ0n) is 9.86. The highest BCUT2D eigenvalue weighted by atomic mass is 16.5. The Morgan fingerprint density at radius 3 is 2.88 bits per heavy atom. The van der Waals surface area contributed by atoms with Crippen LogP contribution in [0.25, 0.3) is 0 Å². The first-order valence-electron chi connectivity index (χ1n) is 5.63. The molecule has 2 rings (SSSR count). The van der Waals surface area contributed by atoms with Crippen molar-refractivity contribution < 1.29 is 4.74 Å². The standard InChI is InChI=1S/C13H18N2O/c1-10(9-16-2)7-15-8-11-5-3-4-6-12(11)13(15)14/h3-6,10,14H,7-9H2,1-2H3. The lowest BCUT2D eigenvalue weighted by molar-refractivity contribution is 0.146. The number of rotatable bonds is 4. The number of ether oxygens (including phenoxy) is 1. The van der Waals surface area contributed by atoms with Crippen molar-refractivity contribution in [2.45, 2.75) is 13.5 Å². The summed E-state index contributed by atoms with van der Waals surface area (Å²) in [5, 5.41) is 8.10. The Morgan fingerprint density at radius 2 is 2.19 bits per heavy atom. The van der Waals surface area contributed by atoms with Gasteiger partial charge >= 0.3 is 0 Å². The van der Waals surface area contributed by atoms with E-state index in [9.17, 15) is 0 Å². The number of methoxy groups -OCH3 is 1. The summed E-state index contributed by atoms with van der Waals surface area (Å²) in [4.78, 5) is 2.12. The maximum atomic E-state index is 8.10. The summed E-state index contributed by atoms with van der Waals surface area (Å²) >= 11 is 0. The topological polar surface area (TPSA) is 36.3 Å². The first-order valence-corrected chi connectivity index (χ1v) is 5.63. The summed E-state index contributed by atoms with van der Waals surface area (Å²) < 4.78 is 5.13. The Morgan fingerprint density at radius 1 is 1.44 bits per heavy atom. The third-order valence-corrected chi connectivity index (χ3v) is 2.93. The molecule has 0 aliphatic carbocycles. The average molecular weight is 218 g/mol. The van der Waals surface area contributed by atoms with Crippen LogP contribution in [0, 0.1) is 11.3 Å². The van der Waals surface area contributed by atoms with Gasteiger partial charge in [0.1, 0.15) is 5.84 Å². The summed E-state index contributed by atoms with van der Waals surface area (Å²) in [7, 11) is 1.72. The molecule has 1 aliphatic heterocycles. The minimum atomic E-state index is 0.458. The number of nitrogens with zero attached hydrogens (tertiary/aromatic N) is 1. The van der Waals surface area contributed by atoms with Gasteiger partial charge in [0, 0.05) is 25.8 Å². The van der Waals surface area contributed by atoms with Gasteiger partial charge in [0.15, 0.2) is 0 Å². The zero-order valence-corrected chi connectivity index (χ0v) is 9.86. The number of hydrogen-bond donors (Lipinski definition) is 1. The number of amidine groups is 1. The number of fused-ring (bicyclic) bond motifs is 1. The SMILES string of the molecule is COCC(C)CN1Cc2ccccc2C1=N. The first kappa shape index (κ1) is 11.1. The van der Waals surface area contributed by atoms with Crippen LogP contribution in [0.1, 0.15) is 18.1 Å². The summed E-state index contributed by atoms with van der Waals surface area (Å²) in [6, 6.07) is 8.16. The van der Waals surface area contributed by atoms with E-state index in [0.717, 1.165) is 25.3 Å². The third-order valence-electron chi connectivity index (χ3n) is 2.93. The van der Waals surface area contributed by atoms with Crippen LogP contribution < -0.4 is 0 Å². The van der Waals surface area contributed by atoms with E-state index in [1.165, 1.54) is 5.56 Å². The van der Waals surface area contributed by atoms with Gasteiger partial charge in [-0.2, -0.15) is 0 Å². The molecule has 0 saturated carbocycles. The molecule has 1 atom stereocenters. The third kappa shape index (κ3) is 2.09. The van der Waals surface area contributed by atoms with Gasteiger partial charge < -0.3 is 9.64 Å². The molecule has 0 aromatic heterocycles. The van der Waals surface area contributed by atoms with E-state index in [-0.39, 0.29) is 0 Å². The lowest BCUT2D eigenvalue weighted by atomic mass is 10.1. The molecule has 1 aromatic rings. The predicted octanol–water partition coefficient (Wildman–Crippen LogP) is 2.11. The average Bonchev–Trinajstić information content (AvgIpc) is 2.57. The molecular weight excluding hydrogens is 200 g/mol. The van der Waals surface area contributed by atoms with Crippen LogP contribution in [-0.4, -0.2) is 31.0 Å². The van der Waals surface area contributed by atoms with Gasteiger partial charge in [-0.1, -0.05) is 31.2 Å². The van der Waals surface area contributed by atoms with Gasteiger partial charge in [0.05, 0.1) is 6.61 Å². The summed E-state index contributed by atoms with van der Waals surface area (Å²) in [6.45, 7) is 4.66. The highest BCUT2D eigenvalue weighted by molar-refractivity contribution is 6.00. The van der Waals surface area contributed by atoms with Crippen molar-refractivity contribution in [1.82, 2.24) is 4.90 Å². The lowest BCUT2D eigenvalue weighted by Gasteiger charge is -2.21. The molecule has 0 saturated heterocycles. The van der Waals surface area contributed by atoms with Gasteiger partial charge in [-0.3, -0.25) is 5.41 Å². The molecule has 0 bridgehead atoms. The van der Waals surface area contributed by atoms with E-state index < -0.39 is 0 Å². The summed E-state index contributed by atoms with van der Waals surface area (Å²) in [6.07, 6.45) is 0. The van der Waals surface area contributed by atoms with Gasteiger partial charge in [-0.15, -0.1) is 0 Å². The van der Waals surface area contributed by atoms with E-state index >= 15 is 0 Å². The molecule has 1 aromatic carbocycles. The van der Waals surface area contributed by atoms with E-state index in [1.807, 2.05) is 18.2 Å². The zero-order chi connectivity index (χ0) is 11.5. The van der Waals surface area contributed by atoms with E-state index in [1.54, 1.807) is 7.11 Å². The van der Waals surface area contributed by atoms with Crippen molar-refractivity contribution in [3.63, 3.8) is 0 Å². The maximum Gasteiger partial charge on any atom is 0.128 e. The Labute approximate surface area is 96.5 Å². The largest absolute Gasteiger partial charge is 0.384 e.